The summed E-state index contributed by atoms with van der Waals surface area (Å²) in [6, 6.07) is 5.60. The zero-order chi connectivity index (χ0) is 10.4. The SMILES string of the molecule is O=C1CN2Cc3c(Cl)cccc3N=C2N1. The molecule has 76 valence electrons. The monoisotopic (exact) mass is 221 g/mol. The highest BCUT2D eigenvalue weighted by molar-refractivity contribution is 6.31. The molecule has 0 radical (unpaired) electrons. The van der Waals surface area contributed by atoms with Gasteiger partial charge < -0.3 is 4.90 Å². The van der Waals surface area contributed by atoms with E-state index in [1.54, 1.807) is 0 Å². The summed E-state index contributed by atoms with van der Waals surface area (Å²) in [5, 5.41) is 3.41. The lowest BCUT2D eigenvalue weighted by Gasteiger charge is -2.23. The third-order valence-electron chi connectivity index (χ3n) is 2.55. The summed E-state index contributed by atoms with van der Waals surface area (Å²) < 4.78 is 0. The molecule has 1 saturated heterocycles. The molecule has 2 heterocycles. The second-order valence-corrected chi connectivity index (χ2v) is 3.98. The van der Waals surface area contributed by atoms with E-state index in [0.29, 0.717) is 24.1 Å². The van der Waals surface area contributed by atoms with Crippen LogP contribution in [0.3, 0.4) is 0 Å². The molecule has 0 bridgehead atoms. The van der Waals surface area contributed by atoms with Crippen LogP contribution in [0, 0.1) is 0 Å². The molecular formula is C10H8ClN3O. The van der Waals surface area contributed by atoms with Gasteiger partial charge in [0.15, 0.2) is 0 Å². The molecular weight excluding hydrogens is 214 g/mol. The number of carbonyl (C=O) groups is 1. The quantitative estimate of drug-likeness (QED) is 0.717. The second kappa shape index (κ2) is 2.97. The molecule has 0 aromatic heterocycles. The van der Waals surface area contributed by atoms with E-state index in [0.717, 1.165) is 11.3 Å². The van der Waals surface area contributed by atoms with Crippen molar-refractivity contribution >= 4 is 29.2 Å². The molecule has 3 rings (SSSR count). The van der Waals surface area contributed by atoms with Gasteiger partial charge in [-0.25, -0.2) is 4.99 Å². The fourth-order valence-electron chi connectivity index (χ4n) is 1.83. The lowest BCUT2D eigenvalue weighted by molar-refractivity contribution is -0.118. The van der Waals surface area contributed by atoms with Crippen molar-refractivity contribution in [3.63, 3.8) is 0 Å². The summed E-state index contributed by atoms with van der Waals surface area (Å²) in [6.07, 6.45) is 0. The van der Waals surface area contributed by atoms with Crippen LogP contribution in [0.4, 0.5) is 5.69 Å². The van der Waals surface area contributed by atoms with Crippen LogP contribution >= 0.6 is 11.6 Å². The topological polar surface area (TPSA) is 44.7 Å². The smallest absolute Gasteiger partial charge is 0.246 e. The first kappa shape index (κ1) is 8.73. The molecule has 0 aliphatic carbocycles. The molecule has 2 aliphatic heterocycles. The third-order valence-corrected chi connectivity index (χ3v) is 2.91. The van der Waals surface area contributed by atoms with Crippen LogP contribution in [-0.4, -0.2) is 23.3 Å². The third kappa shape index (κ3) is 1.29. The first-order valence-electron chi connectivity index (χ1n) is 4.65. The molecule has 0 unspecified atom stereocenters. The van der Waals surface area contributed by atoms with Gasteiger partial charge in [-0.3, -0.25) is 10.1 Å². The van der Waals surface area contributed by atoms with Crippen molar-refractivity contribution in [2.24, 2.45) is 4.99 Å². The van der Waals surface area contributed by atoms with E-state index in [2.05, 4.69) is 10.3 Å². The Hall–Kier alpha value is -1.55. The number of rotatable bonds is 0. The van der Waals surface area contributed by atoms with Crippen molar-refractivity contribution in [2.75, 3.05) is 6.54 Å². The van der Waals surface area contributed by atoms with Crippen molar-refractivity contribution in [2.45, 2.75) is 6.54 Å². The Bertz CT molecular complexity index is 484. The minimum Gasteiger partial charge on any atom is -0.329 e. The highest BCUT2D eigenvalue weighted by Crippen LogP contribution is 2.32. The number of amides is 1. The molecule has 5 heteroatoms. The van der Waals surface area contributed by atoms with E-state index in [1.807, 2.05) is 23.1 Å². The van der Waals surface area contributed by atoms with Crippen LogP contribution < -0.4 is 5.32 Å². The summed E-state index contributed by atoms with van der Waals surface area (Å²) in [5.74, 6) is 0.618. The fraction of sp³-hybridized carbons (Fsp3) is 0.200. The first-order valence-corrected chi connectivity index (χ1v) is 5.03. The number of nitrogens with zero attached hydrogens (tertiary/aromatic N) is 2. The van der Waals surface area contributed by atoms with E-state index < -0.39 is 0 Å². The Balaban J connectivity index is 2.10. The van der Waals surface area contributed by atoms with Gasteiger partial charge in [0.25, 0.3) is 0 Å². The average molecular weight is 222 g/mol. The molecule has 1 aromatic rings. The van der Waals surface area contributed by atoms with Gasteiger partial charge in [0.2, 0.25) is 11.9 Å². The lowest BCUT2D eigenvalue weighted by atomic mass is 10.1. The Morgan fingerprint density at radius 2 is 2.27 bits per heavy atom. The van der Waals surface area contributed by atoms with Gasteiger partial charge in [-0.1, -0.05) is 17.7 Å². The van der Waals surface area contributed by atoms with Crippen molar-refractivity contribution in [3.05, 3.63) is 28.8 Å². The number of fused-ring (bicyclic) bond motifs is 2. The number of aliphatic imine (C=N–C) groups is 1. The maximum Gasteiger partial charge on any atom is 0.246 e. The molecule has 0 saturated carbocycles. The van der Waals surface area contributed by atoms with E-state index in [-0.39, 0.29) is 5.91 Å². The number of nitrogens with one attached hydrogen (secondary N) is 1. The van der Waals surface area contributed by atoms with Gasteiger partial charge in [-0.05, 0) is 12.1 Å². The first-order chi connectivity index (χ1) is 7.24. The van der Waals surface area contributed by atoms with Gasteiger partial charge >= 0.3 is 0 Å². The van der Waals surface area contributed by atoms with Gasteiger partial charge in [-0.15, -0.1) is 0 Å². The molecule has 2 aliphatic rings. The van der Waals surface area contributed by atoms with E-state index in [1.165, 1.54) is 0 Å². The maximum atomic E-state index is 11.2. The van der Waals surface area contributed by atoms with Crippen LogP contribution in [0.2, 0.25) is 5.02 Å². The van der Waals surface area contributed by atoms with Crippen LogP contribution in [0.5, 0.6) is 0 Å². The minimum absolute atomic E-state index is 0.0160. The molecule has 0 spiro atoms. The van der Waals surface area contributed by atoms with Crippen molar-refractivity contribution in [1.82, 2.24) is 10.2 Å². The molecule has 1 amide bonds. The highest BCUT2D eigenvalue weighted by Gasteiger charge is 2.29. The minimum atomic E-state index is -0.0160. The normalized spacial score (nSPS) is 18.1. The lowest BCUT2D eigenvalue weighted by Crippen LogP contribution is -2.32. The number of carbonyl (C=O) groups excluding carboxylic acids is 1. The maximum absolute atomic E-state index is 11.2. The zero-order valence-electron chi connectivity index (χ0n) is 7.83. The Kier molecular flexibility index (Phi) is 1.73. The number of hydrogen-bond donors (Lipinski definition) is 1. The second-order valence-electron chi connectivity index (χ2n) is 3.58. The average Bonchev–Trinajstić information content (AvgIpc) is 2.55. The van der Waals surface area contributed by atoms with Crippen LogP contribution in [0.25, 0.3) is 0 Å². The van der Waals surface area contributed by atoms with Crippen LogP contribution in [0.15, 0.2) is 23.2 Å². The summed E-state index contributed by atoms with van der Waals surface area (Å²) in [5.41, 5.74) is 1.83. The van der Waals surface area contributed by atoms with Crippen molar-refractivity contribution < 1.29 is 4.79 Å². The molecule has 1 aromatic carbocycles. The molecule has 1 fully saturated rings. The predicted octanol–water partition coefficient (Wildman–Crippen LogP) is 1.27. The van der Waals surface area contributed by atoms with Crippen molar-refractivity contribution in [3.8, 4) is 0 Å². The number of benzene rings is 1. The van der Waals surface area contributed by atoms with Crippen molar-refractivity contribution in [1.29, 1.82) is 0 Å². The van der Waals surface area contributed by atoms with E-state index in [4.69, 9.17) is 11.6 Å². The summed E-state index contributed by atoms with van der Waals surface area (Å²) in [7, 11) is 0. The van der Waals surface area contributed by atoms with E-state index >= 15 is 0 Å². The summed E-state index contributed by atoms with van der Waals surface area (Å²) in [6.45, 7) is 1.01. The molecule has 1 N–H and O–H groups in total. The molecule has 15 heavy (non-hydrogen) atoms. The predicted molar refractivity (Wildman–Crippen MR) is 57.1 cm³/mol. The van der Waals surface area contributed by atoms with Gasteiger partial charge in [0.1, 0.15) is 6.54 Å². The summed E-state index contributed by atoms with van der Waals surface area (Å²) >= 11 is 6.07. The van der Waals surface area contributed by atoms with Gasteiger partial charge in [0, 0.05) is 17.1 Å². The van der Waals surface area contributed by atoms with Gasteiger partial charge in [0.05, 0.1) is 5.69 Å². The molecule has 4 nitrogen and oxygen atoms in total. The van der Waals surface area contributed by atoms with Crippen LogP contribution in [0.1, 0.15) is 5.56 Å². The highest BCUT2D eigenvalue weighted by atomic mass is 35.5. The Morgan fingerprint density at radius 1 is 1.40 bits per heavy atom. The molecule has 0 atom stereocenters. The number of hydrogen-bond acceptors (Lipinski definition) is 3. The van der Waals surface area contributed by atoms with Crippen LogP contribution in [-0.2, 0) is 11.3 Å². The fourth-order valence-corrected chi connectivity index (χ4v) is 2.06. The van der Waals surface area contributed by atoms with Gasteiger partial charge in [-0.2, -0.15) is 0 Å². The number of guanidine groups is 1. The summed E-state index contributed by atoms with van der Waals surface area (Å²) in [4.78, 5) is 17.4. The zero-order valence-corrected chi connectivity index (χ0v) is 8.58. The Labute approximate surface area is 91.5 Å². The number of halogens is 1. The van der Waals surface area contributed by atoms with E-state index in [9.17, 15) is 4.79 Å². The Morgan fingerprint density at radius 3 is 3.13 bits per heavy atom. The standard InChI is InChI=1S/C10H8ClN3O/c11-7-2-1-3-8-6(7)4-14-5-9(15)13-10(14)12-8/h1-3H,4-5H2,(H,12,13,15). The largest absolute Gasteiger partial charge is 0.329 e.